The molecule has 0 atom stereocenters. The largest absolute Gasteiger partial charge is 0.534 e. The van der Waals surface area contributed by atoms with E-state index in [1.54, 1.807) is 26.8 Å². The van der Waals surface area contributed by atoms with Gasteiger partial charge in [-0.25, -0.2) is 4.79 Å². The Kier molecular flexibility index (Phi) is 7.04. The lowest BCUT2D eigenvalue weighted by molar-refractivity contribution is -0.0509. The number of ether oxygens (including phenoxy) is 2. The standard InChI is InChI=1S/C23H20F3N3O6S/c1-22(2,3)34-21(30)29-13-18(16-10-15(33-4)7-8-19(16)29)17(11-27)20(14-6-5-9-28-12-14)35-36(31,32)23(24,25)26/h5-10,12-13H,1-4H3/b20-17-. The second-order valence-corrected chi connectivity index (χ2v) is 9.85. The van der Waals surface area contributed by atoms with Crippen molar-refractivity contribution in [3.63, 3.8) is 0 Å². The molecule has 0 bridgehead atoms. The molecule has 0 radical (unpaired) electrons. The van der Waals surface area contributed by atoms with Crippen LogP contribution in [0.5, 0.6) is 5.75 Å². The molecule has 0 fully saturated rings. The first-order valence-electron chi connectivity index (χ1n) is 10.2. The SMILES string of the molecule is COc1ccc2c(c1)c(/C(C#N)=C(\OS(=O)(=O)C(F)(F)F)c1cccnc1)cn2C(=O)OC(C)(C)C. The van der Waals surface area contributed by atoms with Crippen LogP contribution < -0.4 is 4.74 Å². The van der Waals surface area contributed by atoms with E-state index in [0.717, 1.165) is 17.0 Å². The van der Waals surface area contributed by atoms with E-state index in [4.69, 9.17) is 9.47 Å². The summed E-state index contributed by atoms with van der Waals surface area (Å²) in [7, 11) is -4.80. The average molecular weight is 523 g/mol. The summed E-state index contributed by atoms with van der Waals surface area (Å²) in [5, 5.41) is 10.2. The van der Waals surface area contributed by atoms with Crippen LogP contribution in [0.15, 0.2) is 48.9 Å². The lowest BCUT2D eigenvalue weighted by Crippen LogP contribution is -2.26. The molecule has 13 heteroatoms. The third-order valence-corrected chi connectivity index (χ3v) is 5.56. The van der Waals surface area contributed by atoms with E-state index >= 15 is 0 Å². The highest BCUT2D eigenvalue weighted by Crippen LogP contribution is 2.38. The molecule has 9 nitrogen and oxygen atoms in total. The van der Waals surface area contributed by atoms with Gasteiger partial charge in [0.2, 0.25) is 0 Å². The number of rotatable bonds is 5. The van der Waals surface area contributed by atoms with Gasteiger partial charge in [-0.15, -0.1) is 0 Å². The zero-order chi connectivity index (χ0) is 26.9. The molecule has 0 amide bonds. The third-order valence-electron chi connectivity index (χ3n) is 4.61. The second kappa shape index (κ2) is 9.54. The molecule has 0 aliphatic carbocycles. The summed E-state index contributed by atoms with van der Waals surface area (Å²) in [6.07, 6.45) is 2.64. The summed E-state index contributed by atoms with van der Waals surface area (Å²) >= 11 is 0. The van der Waals surface area contributed by atoms with Crippen LogP contribution in [0.4, 0.5) is 18.0 Å². The zero-order valence-electron chi connectivity index (χ0n) is 19.5. The molecule has 3 aromatic rings. The summed E-state index contributed by atoms with van der Waals surface area (Å²) in [6, 6.07) is 8.69. The molecular weight excluding hydrogens is 503 g/mol. The van der Waals surface area contributed by atoms with Crippen molar-refractivity contribution in [3.05, 3.63) is 60.0 Å². The number of hydrogen-bond donors (Lipinski definition) is 0. The van der Waals surface area contributed by atoms with Crippen molar-refractivity contribution in [1.82, 2.24) is 9.55 Å². The maximum absolute atomic E-state index is 13.2. The van der Waals surface area contributed by atoms with Crippen molar-refractivity contribution in [1.29, 1.82) is 5.26 Å². The van der Waals surface area contributed by atoms with Gasteiger partial charge in [-0.3, -0.25) is 9.55 Å². The lowest BCUT2D eigenvalue weighted by atomic mass is 10.0. The number of hydrogen-bond acceptors (Lipinski definition) is 8. The van der Waals surface area contributed by atoms with Gasteiger partial charge in [0, 0.05) is 35.1 Å². The van der Waals surface area contributed by atoms with Gasteiger partial charge in [0.25, 0.3) is 0 Å². The Morgan fingerprint density at radius 1 is 1.17 bits per heavy atom. The number of nitriles is 1. The first-order valence-corrected chi connectivity index (χ1v) is 11.6. The van der Waals surface area contributed by atoms with Crippen molar-refractivity contribution >= 4 is 38.4 Å². The van der Waals surface area contributed by atoms with E-state index in [1.165, 1.54) is 43.6 Å². The number of nitrogens with zero attached hydrogens (tertiary/aromatic N) is 3. The molecule has 3 rings (SSSR count). The minimum Gasteiger partial charge on any atom is -0.497 e. The highest BCUT2D eigenvalue weighted by Gasteiger charge is 2.49. The number of fused-ring (bicyclic) bond motifs is 1. The van der Waals surface area contributed by atoms with Crippen molar-refractivity contribution in [2.45, 2.75) is 31.9 Å². The number of alkyl halides is 3. The Morgan fingerprint density at radius 3 is 2.39 bits per heavy atom. The molecule has 0 N–H and O–H groups in total. The van der Waals surface area contributed by atoms with Gasteiger partial charge in [-0.1, -0.05) is 0 Å². The molecule has 190 valence electrons. The van der Waals surface area contributed by atoms with Gasteiger partial charge in [0.1, 0.15) is 23.0 Å². The molecule has 1 aromatic carbocycles. The Morgan fingerprint density at radius 2 is 1.86 bits per heavy atom. The molecule has 0 saturated heterocycles. The maximum atomic E-state index is 13.2. The molecule has 2 heterocycles. The van der Waals surface area contributed by atoms with Gasteiger partial charge >= 0.3 is 21.7 Å². The number of halogens is 3. The van der Waals surface area contributed by atoms with E-state index in [9.17, 15) is 31.6 Å². The fourth-order valence-corrected chi connectivity index (χ4v) is 3.61. The maximum Gasteiger partial charge on any atom is 0.534 e. The lowest BCUT2D eigenvalue weighted by Gasteiger charge is -2.19. The Balaban J connectivity index is 2.39. The van der Waals surface area contributed by atoms with Crippen LogP contribution in [0, 0.1) is 11.3 Å². The predicted octanol–water partition coefficient (Wildman–Crippen LogP) is 5.09. The van der Waals surface area contributed by atoms with E-state index in [2.05, 4.69) is 9.17 Å². The van der Waals surface area contributed by atoms with Crippen molar-refractivity contribution < 1.29 is 40.0 Å². The van der Waals surface area contributed by atoms with Gasteiger partial charge < -0.3 is 13.7 Å². The minimum absolute atomic E-state index is 0.103. The summed E-state index contributed by atoms with van der Waals surface area (Å²) < 4.78 is 79.5. The molecule has 0 spiro atoms. The van der Waals surface area contributed by atoms with Gasteiger partial charge in [-0.05, 0) is 51.1 Å². The smallest absolute Gasteiger partial charge is 0.497 e. The molecule has 36 heavy (non-hydrogen) atoms. The van der Waals surface area contributed by atoms with E-state index in [1.807, 2.05) is 0 Å². The number of pyridine rings is 1. The molecule has 0 aliphatic heterocycles. The fraction of sp³-hybridized carbons (Fsp3) is 0.261. The van der Waals surface area contributed by atoms with Gasteiger partial charge in [0.15, 0.2) is 5.76 Å². The number of aromatic nitrogens is 2. The summed E-state index contributed by atoms with van der Waals surface area (Å²) in [5.74, 6) is -0.622. The average Bonchev–Trinajstić information content (AvgIpc) is 3.16. The fourth-order valence-electron chi connectivity index (χ4n) is 3.12. The van der Waals surface area contributed by atoms with Crippen LogP contribution >= 0.6 is 0 Å². The van der Waals surface area contributed by atoms with Crippen LogP contribution in [0.3, 0.4) is 0 Å². The van der Waals surface area contributed by atoms with E-state index in [0.29, 0.717) is 5.75 Å². The molecule has 0 aliphatic rings. The normalized spacial score (nSPS) is 13.1. The third kappa shape index (κ3) is 5.44. The van der Waals surface area contributed by atoms with Gasteiger partial charge in [0.05, 0.1) is 12.6 Å². The number of methoxy groups -OCH3 is 1. The monoisotopic (exact) mass is 523 g/mol. The highest BCUT2D eigenvalue weighted by molar-refractivity contribution is 7.87. The van der Waals surface area contributed by atoms with E-state index in [-0.39, 0.29) is 22.0 Å². The number of benzene rings is 1. The van der Waals surface area contributed by atoms with Crippen LogP contribution in [0.2, 0.25) is 0 Å². The zero-order valence-corrected chi connectivity index (χ0v) is 20.3. The van der Waals surface area contributed by atoms with Gasteiger partial charge in [-0.2, -0.15) is 26.9 Å². The van der Waals surface area contributed by atoms with Crippen LogP contribution in [-0.2, 0) is 19.0 Å². The molecule has 2 aromatic heterocycles. The summed E-state index contributed by atoms with van der Waals surface area (Å²) in [5.41, 5.74) is -7.36. The van der Waals surface area contributed by atoms with Crippen molar-refractivity contribution in [2.75, 3.05) is 7.11 Å². The summed E-state index contributed by atoms with van der Waals surface area (Å²) in [6.45, 7) is 4.91. The van der Waals surface area contributed by atoms with Crippen molar-refractivity contribution in [2.24, 2.45) is 0 Å². The van der Waals surface area contributed by atoms with Crippen LogP contribution in [-0.4, -0.2) is 42.3 Å². The number of carbonyl (C=O) groups excluding carboxylic acids is 1. The van der Waals surface area contributed by atoms with Crippen LogP contribution in [0.1, 0.15) is 31.9 Å². The Labute approximate surface area is 204 Å². The number of carbonyl (C=O) groups is 1. The molecule has 0 unspecified atom stereocenters. The predicted molar refractivity (Wildman–Crippen MR) is 123 cm³/mol. The van der Waals surface area contributed by atoms with Crippen molar-refractivity contribution in [3.8, 4) is 11.8 Å². The molecular formula is C23H20F3N3O6S. The number of allylic oxidation sites excluding steroid dienone is 1. The van der Waals surface area contributed by atoms with Crippen LogP contribution in [0.25, 0.3) is 22.2 Å². The Hall–Kier alpha value is -4.05. The second-order valence-electron chi connectivity index (χ2n) is 8.32. The minimum atomic E-state index is -6.17. The first kappa shape index (κ1) is 26.6. The first-order chi connectivity index (χ1) is 16.7. The Bertz CT molecular complexity index is 1480. The quantitative estimate of drug-likeness (QED) is 0.196. The molecule has 0 saturated carbocycles. The highest BCUT2D eigenvalue weighted by atomic mass is 32.2. The summed E-state index contributed by atoms with van der Waals surface area (Å²) in [4.78, 5) is 16.7. The van der Waals surface area contributed by atoms with E-state index < -0.39 is 38.7 Å². The topological polar surface area (TPSA) is 121 Å².